The van der Waals surface area contributed by atoms with E-state index in [9.17, 15) is 14.0 Å². The number of anilines is 2. The molecule has 1 aliphatic heterocycles. The third kappa shape index (κ3) is 6.84. The lowest BCUT2D eigenvalue weighted by atomic mass is 10.2. The zero-order valence-corrected chi connectivity index (χ0v) is 23.4. The second-order valence-electron chi connectivity index (χ2n) is 8.97. The van der Waals surface area contributed by atoms with Gasteiger partial charge in [-0.3, -0.25) is 14.2 Å². The van der Waals surface area contributed by atoms with Crippen LogP contribution in [-0.4, -0.2) is 79.3 Å². The molecule has 0 aliphatic carbocycles. The number of halogens is 2. The van der Waals surface area contributed by atoms with E-state index in [0.717, 1.165) is 0 Å². The van der Waals surface area contributed by atoms with E-state index in [1.807, 2.05) is 6.92 Å². The number of ether oxygens (including phenoxy) is 1. The number of nitrogens with zero attached hydrogens (tertiary/aromatic N) is 6. The Morgan fingerprint density at radius 3 is 2.56 bits per heavy atom. The summed E-state index contributed by atoms with van der Waals surface area (Å²) in [4.78, 5) is 28.3. The van der Waals surface area contributed by atoms with Crippen molar-refractivity contribution in [2.45, 2.75) is 33.4 Å². The molecule has 0 saturated carbocycles. The number of carbonyl (C=O) groups is 2. The number of aromatic nitrogens is 4. The summed E-state index contributed by atoms with van der Waals surface area (Å²) >= 11 is 11.5. The molecule has 2 amide bonds. The average molecular weight is 577 g/mol. The van der Waals surface area contributed by atoms with Crippen LogP contribution >= 0.6 is 23.8 Å². The second-order valence-corrected chi connectivity index (χ2v) is 9.79. The predicted molar refractivity (Wildman–Crippen MR) is 149 cm³/mol. The van der Waals surface area contributed by atoms with E-state index in [1.54, 1.807) is 63.6 Å². The van der Waals surface area contributed by atoms with Crippen molar-refractivity contribution < 1.29 is 18.7 Å². The Balaban J connectivity index is 1.32. The number of benzene rings is 1. The lowest BCUT2D eigenvalue weighted by Gasteiger charge is -2.35. The van der Waals surface area contributed by atoms with Crippen molar-refractivity contribution in [3.05, 3.63) is 58.8 Å². The number of nitrogens with one attached hydrogen (secondary N) is 2. The topological polar surface area (TPSA) is 110 Å². The number of thiocarbonyl (C=S) groups is 1. The van der Waals surface area contributed by atoms with Crippen LogP contribution in [0, 0.1) is 12.7 Å². The van der Waals surface area contributed by atoms with E-state index in [4.69, 9.17) is 28.6 Å². The molecule has 1 atom stereocenters. The summed E-state index contributed by atoms with van der Waals surface area (Å²) in [6, 6.07) is 5.70. The Labute approximate surface area is 235 Å². The van der Waals surface area contributed by atoms with Gasteiger partial charge in [0.2, 0.25) is 5.91 Å². The molecule has 3 aromatic rings. The predicted octanol–water partition coefficient (Wildman–Crippen LogP) is 3.90. The van der Waals surface area contributed by atoms with Gasteiger partial charge in [-0.15, -0.1) is 0 Å². The largest absolute Gasteiger partial charge is 0.450 e. The van der Waals surface area contributed by atoms with Gasteiger partial charge in [0.05, 0.1) is 24.5 Å². The van der Waals surface area contributed by atoms with Crippen molar-refractivity contribution in [1.82, 2.24) is 29.4 Å². The highest BCUT2D eigenvalue weighted by Gasteiger charge is 2.29. The van der Waals surface area contributed by atoms with Crippen molar-refractivity contribution >= 4 is 52.4 Å². The molecule has 2 N–H and O–H groups in total. The van der Waals surface area contributed by atoms with Gasteiger partial charge in [0, 0.05) is 55.2 Å². The van der Waals surface area contributed by atoms with Crippen LogP contribution in [-0.2, 0) is 16.1 Å². The molecule has 0 spiro atoms. The van der Waals surface area contributed by atoms with Gasteiger partial charge in [-0.25, -0.2) is 9.18 Å². The molecule has 1 aliphatic rings. The minimum atomic E-state index is -0.546. The summed E-state index contributed by atoms with van der Waals surface area (Å²) in [5, 5.41) is 15.6. The Bertz CT molecular complexity index is 1330. The molecule has 0 bridgehead atoms. The molecule has 2 aromatic heterocycles. The third-order valence-electron chi connectivity index (χ3n) is 6.30. The Kier molecular flexibility index (Phi) is 9.02. The number of amides is 2. The molecular weight excluding hydrogens is 547 g/mol. The highest BCUT2D eigenvalue weighted by Crippen LogP contribution is 2.21. The molecule has 1 saturated heterocycles. The normalized spacial score (nSPS) is 14.2. The fraction of sp³-hybridized carbons (Fsp3) is 0.400. The van der Waals surface area contributed by atoms with Crippen molar-refractivity contribution in [3.63, 3.8) is 0 Å². The SMILES string of the molecule is CCOC(=O)N1CCN(C(=O)C(C)n2cc(NC(=S)Nc3ccn(Cc4c(F)cccc4Cl)n3)c(C)n2)CC1. The monoisotopic (exact) mass is 576 g/mol. The summed E-state index contributed by atoms with van der Waals surface area (Å²) in [6.07, 6.45) is 3.05. The van der Waals surface area contributed by atoms with Crippen LogP contribution in [0.4, 0.5) is 20.7 Å². The Hall–Kier alpha value is -3.71. The van der Waals surface area contributed by atoms with E-state index in [-0.39, 0.29) is 23.7 Å². The lowest BCUT2D eigenvalue weighted by molar-refractivity contribution is -0.136. The van der Waals surface area contributed by atoms with Gasteiger partial charge in [0.25, 0.3) is 0 Å². The molecule has 4 rings (SSSR count). The summed E-state index contributed by atoms with van der Waals surface area (Å²) in [5.74, 6) is -0.0203. The molecule has 208 valence electrons. The van der Waals surface area contributed by atoms with Crippen LogP contribution in [0.5, 0.6) is 0 Å². The van der Waals surface area contributed by atoms with Gasteiger partial charge in [-0.2, -0.15) is 10.2 Å². The first-order valence-electron chi connectivity index (χ1n) is 12.5. The molecule has 1 aromatic carbocycles. The van der Waals surface area contributed by atoms with Gasteiger partial charge in [0.1, 0.15) is 11.9 Å². The molecule has 14 heteroatoms. The van der Waals surface area contributed by atoms with Crippen LogP contribution in [0.15, 0.2) is 36.7 Å². The maximum atomic E-state index is 14.1. The van der Waals surface area contributed by atoms with E-state index >= 15 is 0 Å². The van der Waals surface area contributed by atoms with Gasteiger partial charge in [-0.05, 0) is 45.1 Å². The number of piperazine rings is 1. The number of rotatable bonds is 7. The molecule has 39 heavy (non-hydrogen) atoms. The number of carbonyl (C=O) groups excluding carboxylic acids is 2. The van der Waals surface area contributed by atoms with Crippen LogP contribution < -0.4 is 10.6 Å². The smallest absolute Gasteiger partial charge is 0.409 e. The first-order chi connectivity index (χ1) is 18.7. The Morgan fingerprint density at radius 1 is 1.15 bits per heavy atom. The van der Waals surface area contributed by atoms with E-state index in [0.29, 0.717) is 60.6 Å². The zero-order valence-electron chi connectivity index (χ0n) is 21.9. The van der Waals surface area contributed by atoms with Gasteiger partial charge < -0.3 is 25.2 Å². The van der Waals surface area contributed by atoms with Crippen LogP contribution in [0.1, 0.15) is 31.1 Å². The van der Waals surface area contributed by atoms with Gasteiger partial charge in [-0.1, -0.05) is 17.7 Å². The zero-order chi connectivity index (χ0) is 28.1. The first-order valence-corrected chi connectivity index (χ1v) is 13.3. The van der Waals surface area contributed by atoms with Crippen molar-refractivity contribution in [2.24, 2.45) is 0 Å². The van der Waals surface area contributed by atoms with E-state index < -0.39 is 11.9 Å². The fourth-order valence-electron chi connectivity index (χ4n) is 4.14. The maximum Gasteiger partial charge on any atom is 0.409 e. The highest BCUT2D eigenvalue weighted by molar-refractivity contribution is 7.80. The molecule has 1 fully saturated rings. The summed E-state index contributed by atoms with van der Waals surface area (Å²) in [5.41, 5.74) is 1.64. The molecule has 11 nitrogen and oxygen atoms in total. The van der Waals surface area contributed by atoms with Gasteiger partial charge in [0.15, 0.2) is 10.9 Å². The van der Waals surface area contributed by atoms with E-state index in [1.165, 1.54) is 6.07 Å². The van der Waals surface area contributed by atoms with Crippen LogP contribution in [0.3, 0.4) is 0 Å². The summed E-state index contributed by atoms with van der Waals surface area (Å²) < 4.78 is 22.3. The molecule has 3 heterocycles. The minimum absolute atomic E-state index is 0.0891. The standard InChI is InChI=1S/C25H30ClFN8O3S/c1-4-38-25(37)33-12-10-32(11-13-33)23(36)17(3)35-15-21(16(2)30-35)28-24(39)29-22-8-9-34(31-22)14-18-19(26)6-5-7-20(18)27/h5-9,15,17H,4,10-14H2,1-3H3,(H2,28,29,31,39). The third-order valence-corrected chi connectivity index (χ3v) is 6.86. The number of aryl methyl sites for hydroxylation is 1. The van der Waals surface area contributed by atoms with Crippen LogP contribution in [0.25, 0.3) is 0 Å². The second kappa shape index (κ2) is 12.4. The minimum Gasteiger partial charge on any atom is -0.450 e. The summed E-state index contributed by atoms with van der Waals surface area (Å²) in [6.45, 7) is 7.54. The molecular formula is C25H30ClFN8O3S. The lowest BCUT2D eigenvalue weighted by Crippen LogP contribution is -2.52. The number of hydrogen-bond acceptors (Lipinski definition) is 6. The first kappa shape index (κ1) is 28.3. The van der Waals surface area contributed by atoms with Crippen molar-refractivity contribution in [2.75, 3.05) is 43.4 Å². The van der Waals surface area contributed by atoms with Crippen molar-refractivity contribution in [1.29, 1.82) is 0 Å². The van der Waals surface area contributed by atoms with Crippen molar-refractivity contribution in [3.8, 4) is 0 Å². The highest BCUT2D eigenvalue weighted by atomic mass is 35.5. The molecule has 0 radical (unpaired) electrons. The Morgan fingerprint density at radius 2 is 1.87 bits per heavy atom. The average Bonchev–Trinajstić information content (AvgIpc) is 3.51. The molecule has 1 unspecified atom stereocenters. The fourth-order valence-corrected chi connectivity index (χ4v) is 4.57. The van der Waals surface area contributed by atoms with Crippen LogP contribution in [0.2, 0.25) is 5.02 Å². The maximum absolute atomic E-state index is 14.1. The quantitative estimate of drug-likeness (QED) is 0.408. The van der Waals surface area contributed by atoms with Gasteiger partial charge >= 0.3 is 6.09 Å². The van der Waals surface area contributed by atoms with E-state index in [2.05, 4.69) is 20.8 Å². The number of hydrogen-bond donors (Lipinski definition) is 2. The summed E-state index contributed by atoms with van der Waals surface area (Å²) in [7, 11) is 0.